The predicted molar refractivity (Wildman–Crippen MR) is 86.5 cm³/mol. The Morgan fingerprint density at radius 3 is 2.33 bits per heavy atom. The van der Waals surface area contributed by atoms with E-state index in [9.17, 15) is 13.2 Å². The van der Waals surface area contributed by atoms with E-state index in [2.05, 4.69) is 5.32 Å². The Labute approximate surface area is 135 Å². The first-order valence-electron chi connectivity index (χ1n) is 6.14. The van der Waals surface area contributed by atoms with Crippen LogP contribution >= 0.6 is 23.2 Å². The first kappa shape index (κ1) is 18.1. The molecule has 1 amide bonds. The zero-order valence-electron chi connectivity index (χ0n) is 12.3. The zero-order valence-corrected chi connectivity index (χ0v) is 14.6. The number of anilines is 1. The van der Waals surface area contributed by atoms with Gasteiger partial charge >= 0.3 is 0 Å². The van der Waals surface area contributed by atoms with Crippen molar-refractivity contribution in [2.75, 3.05) is 17.1 Å². The third kappa shape index (κ3) is 5.73. The molecule has 0 spiro atoms. The van der Waals surface area contributed by atoms with Gasteiger partial charge in [-0.2, -0.15) is 0 Å². The van der Waals surface area contributed by atoms with Crippen LogP contribution in [0.25, 0.3) is 0 Å². The minimum atomic E-state index is -3.68. The van der Waals surface area contributed by atoms with Crippen molar-refractivity contribution < 1.29 is 13.2 Å². The van der Waals surface area contributed by atoms with Crippen molar-refractivity contribution in [1.82, 2.24) is 5.32 Å². The predicted octanol–water partition coefficient (Wildman–Crippen LogP) is 2.67. The highest BCUT2D eigenvalue weighted by Crippen LogP contribution is 2.30. The van der Waals surface area contributed by atoms with E-state index in [0.29, 0.717) is 5.02 Å². The Bertz CT molecular complexity index is 639. The van der Waals surface area contributed by atoms with Crippen molar-refractivity contribution in [3.63, 3.8) is 0 Å². The van der Waals surface area contributed by atoms with Crippen LogP contribution in [0, 0.1) is 0 Å². The smallest absolute Gasteiger partial charge is 0.241 e. The van der Waals surface area contributed by atoms with Crippen LogP contribution in [0.2, 0.25) is 10.0 Å². The Hall–Kier alpha value is -0.980. The number of carbonyl (C=O) groups excluding carboxylic acids is 1. The summed E-state index contributed by atoms with van der Waals surface area (Å²) in [5, 5.41) is 3.24. The van der Waals surface area contributed by atoms with Crippen LogP contribution in [-0.4, -0.2) is 32.7 Å². The molecule has 0 atom stereocenters. The highest BCUT2D eigenvalue weighted by atomic mass is 35.5. The molecular formula is C13H18Cl2N2O3S. The molecule has 0 saturated heterocycles. The average Bonchev–Trinajstić information content (AvgIpc) is 2.26. The molecule has 0 aliphatic carbocycles. The lowest BCUT2D eigenvalue weighted by molar-refractivity contribution is -0.121. The number of benzene rings is 1. The first-order valence-corrected chi connectivity index (χ1v) is 8.74. The van der Waals surface area contributed by atoms with Gasteiger partial charge in [0.15, 0.2) is 0 Å². The van der Waals surface area contributed by atoms with Gasteiger partial charge in [-0.3, -0.25) is 9.10 Å². The third-order valence-electron chi connectivity index (χ3n) is 2.38. The van der Waals surface area contributed by atoms with Crippen molar-refractivity contribution in [3.05, 3.63) is 28.2 Å². The summed E-state index contributed by atoms with van der Waals surface area (Å²) in [4.78, 5) is 12.0. The SMILES string of the molecule is CC(C)(C)NC(=O)CN(c1cc(Cl)ccc1Cl)S(C)(=O)=O. The molecule has 0 aliphatic rings. The maximum Gasteiger partial charge on any atom is 0.241 e. The fourth-order valence-corrected chi connectivity index (χ4v) is 2.94. The first-order chi connectivity index (χ1) is 9.40. The molecular weight excluding hydrogens is 335 g/mol. The quantitative estimate of drug-likeness (QED) is 0.905. The summed E-state index contributed by atoms with van der Waals surface area (Å²) in [5.41, 5.74) is -0.283. The van der Waals surface area contributed by atoms with E-state index >= 15 is 0 Å². The van der Waals surface area contributed by atoms with Crippen LogP contribution in [-0.2, 0) is 14.8 Å². The molecule has 0 unspecified atom stereocenters. The number of carbonyl (C=O) groups is 1. The number of nitrogens with one attached hydrogen (secondary N) is 1. The molecule has 1 aromatic carbocycles. The van der Waals surface area contributed by atoms with Gasteiger partial charge in [-0.15, -0.1) is 0 Å². The topological polar surface area (TPSA) is 66.5 Å². The summed E-state index contributed by atoms with van der Waals surface area (Å²) in [6, 6.07) is 4.44. The largest absolute Gasteiger partial charge is 0.350 e. The molecule has 0 aromatic heterocycles. The molecule has 0 fully saturated rings. The summed E-state index contributed by atoms with van der Waals surface area (Å²) < 4.78 is 24.8. The highest BCUT2D eigenvalue weighted by molar-refractivity contribution is 7.92. The van der Waals surface area contributed by atoms with Crippen LogP contribution in [0.3, 0.4) is 0 Å². The van der Waals surface area contributed by atoms with Crippen molar-refractivity contribution in [1.29, 1.82) is 0 Å². The molecule has 21 heavy (non-hydrogen) atoms. The third-order valence-corrected chi connectivity index (χ3v) is 4.06. The summed E-state index contributed by atoms with van der Waals surface area (Å²) >= 11 is 11.9. The van der Waals surface area contributed by atoms with E-state index in [1.165, 1.54) is 12.1 Å². The van der Waals surface area contributed by atoms with E-state index in [1.807, 2.05) is 20.8 Å². The van der Waals surface area contributed by atoms with Crippen LogP contribution in [0.15, 0.2) is 18.2 Å². The Kier molecular flexibility index (Phi) is 5.52. The Balaban J connectivity index is 3.14. The second-order valence-corrected chi connectivity index (χ2v) is 8.41. The molecule has 0 saturated carbocycles. The van der Waals surface area contributed by atoms with E-state index in [4.69, 9.17) is 23.2 Å². The number of sulfonamides is 1. The Morgan fingerprint density at radius 2 is 1.86 bits per heavy atom. The van der Waals surface area contributed by atoms with Gasteiger partial charge in [0.05, 0.1) is 17.0 Å². The minimum absolute atomic E-state index is 0.177. The highest BCUT2D eigenvalue weighted by Gasteiger charge is 2.25. The molecule has 8 heteroatoms. The van der Waals surface area contributed by atoms with Gasteiger partial charge in [0.2, 0.25) is 15.9 Å². The minimum Gasteiger partial charge on any atom is -0.350 e. The van der Waals surface area contributed by atoms with E-state index in [0.717, 1.165) is 10.6 Å². The molecule has 0 aliphatic heterocycles. The van der Waals surface area contributed by atoms with Crippen LogP contribution in [0.4, 0.5) is 5.69 Å². The summed E-state index contributed by atoms with van der Waals surface area (Å²) in [5.74, 6) is -0.427. The molecule has 0 bridgehead atoms. The van der Waals surface area contributed by atoms with Gasteiger partial charge in [-0.05, 0) is 39.0 Å². The number of hydrogen-bond donors (Lipinski definition) is 1. The molecule has 1 aromatic rings. The van der Waals surface area contributed by atoms with Crippen LogP contribution in [0.5, 0.6) is 0 Å². The van der Waals surface area contributed by atoms with Crippen molar-refractivity contribution in [3.8, 4) is 0 Å². The fraction of sp³-hybridized carbons (Fsp3) is 0.462. The van der Waals surface area contributed by atoms with Crippen LogP contribution in [0.1, 0.15) is 20.8 Å². The summed E-state index contributed by atoms with van der Waals surface area (Å²) in [6.07, 6.45) is 1.01. The van der Waals surface area contributed by atoms with Gasteiger partial charge in [-0.25, -0.2) is 8.42 Å². The normalized spacial score (nSPS) is 12.1. The lowest BCUT2D eigenvalue weighted by atomic mass is 10.1. The maximum absolute atomic E-state index is 12.0. The number of rotatable bonds is 4. The molecule has 0 heterocycles. The number of nitrogens with zero attached hydrogens (tertiary/aromatic N) is 1. The fourth-order valence-electron chi connectivity index (χ4n) is 1.65. The van der Waals surface area contributed by atoms with E-state index in [1.54, 1.807) is 6.07 Å². The molecule has 118 valence electrons. The summed E-state index contributed by atoms with van der Waals surface area (Å²) in [6.45, 7) is 5.06. The standard InChI is InChI=1S/C13H18Cl2N2O3S/c1-13(2,3)16-12(18)8-17(21(4,19)20)11-7-9(14)5-6-10(11)15/h5-7H,8H2,1-4H3,(H,16,18). The average molecular weight is 353 g/mol. The molecule has 5 nitrogen and oxygen atoms in total. The molecule has 1 N–H and O–H groups in total. The van der Waals surface area contributed by atoms with Gasteiger partial charge < -0.3 is 5.32 Å². The number of amides is 1. The van der Waals surface area contributed by atoms with E-state index in [-0.39, 0.29) is 17.3 Å². The monoisotopic (exact) mass is 352 g/mol. The van der Waals surface area contributed by atoms with Crippen LogP contribution < -0.4 is 9.62 Å². The number of hydrogen-bond acceptors (Lipinski definition) is 3. The number of halogens is 2. The molecule has 0 radical (unpaired) electrons. The second kappa shape index (κ2) is 6.42. The van der Waals surface area contributed by atoms with Gasteiger partial charge in [0.25, 0.3) is 0 Å². The lowest BCUT2D eigenvalue weighted by Crippen LogP contribution is -2.47. The van der Waals surface area contributed by atoms with Crippen molar-refractivity contribution in [2.24, 2.45) is 0 Å². The maximum atomic E-state index is 12.0. The zero-order chi connectivity index (χ0) is 16.4. The van der Waals surface area contributed by atoms with Crippen molar-refractivity contribution in [2.45, 2.75) is 26.3 Å². The van der Waals surface area contributed by atoms with Gasteiger partial charge in [-0.1, -0.05) is 23.2 Å². The second-order valence-electron chi connectivity index (χ2n) is 5.66. The van der Waals surface area contributed by atoms with Crippen molar-refractivity contribution >= 4 is 44.8 Å². The Morgan fingerprint density at radius 1 is 1.29 bits per heavy atom. The lowest BCUT2D eigenvalue weighted by Gasteiger charge is -2.26. The molecule has 1 rings (SSSR count). The van der Waals surface area contributed by atoms with Gasteiger partial charge in [0.1, 0.15) is 6.54 Å². The summed E-state index contributed by atoms with van der Waals surface area (Å²) in [7, 11) is -3.68. The van der Waals surface area contributed by atoms with E-state index < -0.39 is 21.5 Å². The van der Waals surface area contributed by atoms with Gasteiger partial charge in [0, 0.05) is 10.6 Å².